The number of aromatic carboxylic acids is 1. The van der Waals surface area contributed by atoms with Crippen molar-refractivity contribution in [3.8, 4) is 5.75 Å². The Bertz CT molecular complexity index is 374. The van der Waals surface area contributed by atoms with Crippen LogP contribution in [0.2, 0.25) is 0 Å². The number of carboxylic acids is 1. The predicted octanol–water partition coefficient (Wildman–Crippen LogP) is 1.28. The molecular formula is C10H11NO3. The minimum atomic E-state index is -1.08. The lowest BCUT2D eigenvalue weighted by atomic mass is 10.0. The van der Waals surface area contributed by atoms with Gasteiger partial charge in [-0.05, 0) is 12.1 Å². The third-order valence-electron chi connectivity index (χ3n) is 1.89. The van der Waals surface area contributed by atoms with Crippen LogP contribution in [0, 0.1) is 0 Å². The maximum absolute atomic E-state index is 10.5. The van der Waals surface area contributed by atoms with Crippen molar-refractivity contribution >= 4 is 5.97 Å². The molecule has 0 bridgehead atoms. The maximum Gasteiger partial charge on any atom is 0.335 e. The van der Waals surface area contributed by atoms with Crippen molar-refractivity contribution in [2.45, 2.75) is 6.04 Å². The van der Waals surface area contributed by atoms with E-state index in [0.29, 0.717) is 5.56 Å². The number of phenolic OH excluding ortho intramolecular Hbond substituents is 1. The summed E-state index contributed by atoms with van der Waals surface area (Å²) in [5.41, 5.74) is 6.09. The summed E-state index contributed by atoms with van der Waals surface area (Å²) in [6, 6.07) is 3.55. The normalized spacial score (nSPS) is 12.1. The van der Waals surface area contributed by atoms with Crippen molar-refractivity contribution < 1.29 is 15.0 Å². The predicted molar refractivity (Wildman–Crippen MR) is 52.2 cm³/mol. The molecule has 0 radical (unpaired) electrons. The van der Waals surface area contributed by atoms with Gasteiger partial charge < -0.3 is 15.9 Å². The number of aromatic hydroxyl groups is 1. The summed E-state index contributed by atoms with van der Waals surface area (Å²) < 4.78 is 0. The Morgan fingerprint density at radius 1 is 1.57 bits per heavy atom. The highest BCUT2D eigenvalue weighted by molar-refractivity contribution is 5.88. The molecule has 14 heavy (non-hydrogen) atoms. The van der Waals surface area contributed by atoms with E-state index in [9.17, 15) is 9.90 Å². The molecular weight excluding hydrogens is 182 g/mol. The highest BCUT2D eigenvalue weighted by atomic mass is 16.4. The first-order valence-electron chi connectivity index (χ1n) is 4.00. The first kappa shape index (κ1) is 10.3. The van der Waals surface area contributed by atoms with Crippen molar-refractivity contribution in [1.29, 1.82) is 0 Å². The van der Waals surface area contributed by atoms with Gasteiger partial charge >= 0.3 is 5.97 Å². The minimum absolute atomic E-state index is 0.0301. The number of hydrogen-bond acceptors (Lipinski definition) is 3. The lowest BCUT2D eigenvalue weighted by Crippen LogP contribution is -2.07. The molecule has 4 heteroatoms. The summed E-state index contributed by atoms with van der Waals surface area (Å²) in [5, 5.41) is 18.1. The van der Waals surface area contributed by atoms with E-state index in [0.717, 1.165) is 0 Å². The van der Waals surface area contributed by atoms with Crippen LogP contribution in [0.3, 0.4) is 0 Å². The number of carboxylic acid groups (broad SMARTS) is 1. The summed E-state index contributed by atoms with van der Waals surface area (Å²) in [6.45, 7) is 3.48. The molecule has 1 aromatic carbocycles. The molecule has 1 aromatic rings. The second kappa shape index (κ2) is 3.93. The van der Waals surface area contributed by atoms with Gasteiger partial charge in [-0.15, -0.1) is 6.58 Å². The molecule has 0 amide bonds. The summed E-state index contributed by atoms with van der Waals surface area (Å²) in [6.07, 6.45) is 1.47. The van der Waals surface area contributed by atoms with E-state index in [-0.39, 0.29) is 11.3 Å². The van der Waals surface area contributed by atoms with Gasteiger partial charge in [0.2, 0.25) is 0 Å². The van der Waals surface area contributed by atoms with E-state index < -0.39 is 12.0 Å². The topological polar surface area (TPSA) is 83.6 Å². The fourth-order valence-electron chi connectivity index (χ4n) is 1.09. The Labute approximate surface area is 81.3 Å². The van der Waals surface area contributed by atoms with Crippen LogP contribution < -0.4 is 5.73 Å². The maximum atomic E-state index is 10.5. The molecule has 0 saturated heterocycles. The smallest absolute Gasteiger partial charge is 0.335 e. The third kappa shape index (κ3) is 1.92. The van der Waals surface area contributed by atoms with Gasteiger partial charge in [0.15, 0.2) is 0 Å². The Morgan fingerprint density at radius 3 is 2.64 bits per heavy atom. The second-order valence-corrected chi connectivity index (χ2v) is 2.84. The molecule has 0 spiro atoms. The van der Waals surface area contributed by atoms with Gasteiger partial charge in [0, 0.05) is 5.56 Å². The molecule has 1 rings (SSSR count). The number of benzene rings is 1. The lowest BCUT2D eigenvalue weighted by Gasteiger charge is -2.09. The van der Waals surface area contributed by atoms with Crippen LogP contribution in [-0.4, -0.2) is 16.2 Å². The highest BCUT2D eigenvalue weighted by Crippen LogP contribution is 2.24. The average Bonchev–Trinajstić information content (AvgIpc) is 2.16. The van der Waals surface area contributed by atoms with Gasteiger partial charge in [-0.3, -0.25) is 0 Å². The molecule has 0 fully saturated rings. The summed E-state index contributed by atoms with van der Waals surface area (Å²) in [7, 11) is 0. The molecule has 4 nitrogen and oxygen atoms in total. The first-order valence-corrected chi connectivity index (χ1v) is 4.00. The minimum Gasteiger partial charge on any atom is -0.508 e. The van der Waals surface area contributed by atoms with Gasteiger partial charge in [0.25, 0.3) is 0 Å². The van der Waals surface area contributed by atoms with E-state index in [1.54, 1.807) is 0 Å². The van der Waals surface area contributed by atoms with Crippen LogP contribution in [0.25, 0.3) is 0 Å². The largest absolute Gasteiger partial charge is 0.508 e. The molecule has 0 saturated carbocycles. The average molecular weight is 193 g/mol. The molecule has 74 valence electrons. The number of carbonyl (C=O) groups is 1. The fourth-order valence-corrected chi connectivity index (χ4v) is 1.09. The van der Waals surface area contributed by atoms with Gasteiger partial charge in [-0.2, -0.15) is 0 Å². The van der Waals surface area contributed by atoms with Crippen LogP contribution in [-0.2, 0) is 0 Å². The van der Waals surface area contributed by atoms with Crippen molar-refractivity contribution in [3.63, 3.8) is 0 Å². The van der Waals surface area contributed by atoms with Gasteiger partial charge in [0.05, 0.1) is 11.6 Å². The summed E-state index contributed by atoms with van der Waals surface area (Å²) >= 11 is 0. The number of phenols is 1. The highest BCUT2D eigenvalue weighted by Gasteiger charge is 2.10. The number of rotatable bonds is 3. The van der Waals surface area contributed by atoms with Crippen molar-refractivity contribution in [3.05, 3.63) is 42.0 Å². The molecule has 0 unspecified atom stereocenters. The number of hydrogen-bond donors (Lipinski definition) is 3. The van der Waals surface area contributed by atoms with Gasteiger partial charge in [0.1, 0.15) is 5.75 Å². The second-order valence-electron chi connectivity index (χ2n) is 2.84. The molecule has 0 aliphatic heterocycles. The first-order chi connectivity index (χ1) is 6.56. The Kier molecular flexibility index (Phi) is 2.89. The zero-order valence-electron chi connectivity index (χ0n) is 7.47. The van der Waals surface area contributed by atoms with E-state index in [2.05, 4.69) is 6.58 Å². The standard InChI is InChI=1S/C10H11NO3/c1-2-8(11)7-4-3-6(10(13)14)5-9(7)12/h2-5,8,12H,1,11H2,(H,13,14)/t8-/m1/s1. The number of nitrogens with two attached hydrogens (primary N) is 1. The molecule has 1 atom stereocenters. The summed E-state index contributed by atoms with van der Waals surface area (Å²) in [5.74, 6) is -1.21. The van der Waals surface area contributed by atoms with Crippen LogP contribution >= 0.6 is 0 Å². The SMILES string of the molecule is C=C[C@@H](N)c1ccc(C(=O)O)cc1O. The van der Waals surface area contributed by atoms with Crippen LogP contribution in [0.5, 0.6) is 5.75 Å². The van der Waals surface area contributed by atoms with Crippen molar-refractivity contribution in [2.75, 3.05) is 0 Å². The van der Waals surface area contributed by atoms with Gasteiger partial charge in [-0.1, -0.05) is 12.1 Å². The zero-order valence-corrected chi connectivity index (χ0v) is 7.47. The Morgan fingerprint density at radius 2 is 2.21 bits per heavy atom. The van der Waals surface area contributed by atoms with E-state index >= 15 is 0 Å². The quantitative estimate of drug-likeness (QED) is 0.631. The van der Waals surface area contributed by atoms with Crippen LogP contribution in [0.1, 0.15) is 22.0 Å². The Balaban J connectivity index is 3.13. The van der Waals surface area contributed by atoms with E-state index in [1.807, 2.05) is 0 Å². The molecule has 0 aliphatic carbocycles. The zero-order chi connectivity index (χ0) is 10.7. The summed E-state index contributed by atoms with van der Waals surface area (Å²) in [4.78, 5) is 10.5. The molecule has 4 N–H and O–H groups in total. The van der Waals surface area contributed by atoms with Gasteiger partial charge in [-0.25, -0.2) is 4.79 Å². The Hall–Kier alpha value is -1.81. The van der Waals surface area contributed by atoms with Crippen LogP contribution in [0.15, 0.2) is 30.9 Å². The monoisotopic (exact) mass is 193 g/mol. The fraction of sp³-hybridized carbons (Fsp3) is 0.100. The molecule has 0 aliphatic rings. The van der Waals surface area contributed by atoms with E-state index in [4.69, 9.17) is 10.8 Å². The molecule has 0 aromatic heterocycles. The van der Waals surface area contributed by atoms with E-state index in [1.165, 1.54) is 24.3 Å². The molecule has 0 heterocycles. The van der Waals surface area contributed by atoms with Crippen molar-refractivity contribution in [2.24, 2.45) is 5.73 Å². The third-order valence-corrected chi connectivity index (χ3v) is 1.89. The lowest BCUT2D eigenvalue weighted by molar-refractivity contribution is 0.0696. The van der Waals surface area contributed by atoms with Crippen molar-refractivity contribution in [1.82, 2.24) is 0 Å². The van der Waals surface area contributed by atoms with Crippen LogP contribution in [0.4, 0.5) is 0 Å².